The minimum Gasteiger partial charge on any atom is -0.451 e. The SMILES string of the molecule is CCN(C(=O)COC(=O)c1sc(-c2ccsc2)nc1C)C1=CCCC1. The van der Waals surface area contributed by atoms with Crippen molar-refractivity contribution < 1.29 is 14.3 Å². The van der Waals surface area contributed by atoms with Crippen molar-refractivity contribution in [3.05, 3.63) is 39.2 Å². The molecule has 2 aromatic rings. The van der Waals surface area contributed by atoms with E-state index in [9.17, 15) is 9.59 Å². The number of ether oxygens (including phenoxy) is 1. The molecule has 1 aliphatic carbocycles. The average molecular weight is 377 g/mol. The van der Waals surface area contributed by atoms with Crippen LogP contribution in [0.1, 0.15) is 41.6 Å². The van der Waals surface area contributed by atoms with Gasteiger partial charge in [-0.25, -0.2) is 9.78 Å². The second kappa shape index (κ2) is 7.93. The third-order valence-corrected chi connectivity index (χ3v) is 5.93. The van der Waals surface area contributed by atoms with Gasteiger partial charge in [-0.2, -0.15) is 11.3 Å². The van der Waals surface area contributed by atoms with Crippen LogP contribution in [0.2, 0.25) is 0 Å². The lowest BCUT2D eigenvalue weighted by Gasteiger charge is -2.21. The Kier molecular flexibility index (Phi) is 5.65. The molecule has 1 aliphatic rings. The first-order valence-corrected chi connectivity index (χ1v) is 10.0. The first kappa shape index (κ1) is 17.8. The number of hydrogen-bond donors (Lipinski definition) is 0. The van der Waals surface area contributed by atoms with Crippen LogP contribution in [-0.2, 0) is 9.53 Å². The molecule has 5 nitrogen and oxygen atoms in total. The number of nitrogens with zero attached hydrogens (tertiary/aromatic N) is 2. The molecule has 2 aromatic heterocycles. The molecule has 0 N–H and O–H groups in total. The van der Waals surface area contributed by atoms with E-state index in [2.05, 4.69) is 11.1 Å². The Balaban J connectivity index is 1.63. The van der Waals surface area contributed by atoms with Gasteiger partial charge in [-0.1, -0.05) is 6.08 Å². The van der Waals surface area contributed by atoms with Gasteiger partial charge in [0.1, 0.15) is 9.88 Å². The van der Waals surface area contributed by atoms with Crippen molar-refractivity contribution in [3.63, 3.8) is 0 Å². The maximum atomic E-state index is 12.4. The van der Waals surface area contributed by atoms with Crippen molar-refractivity contribution in [1.29, 1.82) is 0 Å². The summed E-state index contributed by atoms with van der Waals surface area (Å²) in [6.45, 7) is 4.06. The second-order valence-corrected chi connectivity index (χ2v) is 7.53. The predicted octanol–water partition coefficient (Wildman–Crippen LogP) is 4.25. The fraction of sp³-hybridized carbons (Fsp3) is 0.389. The number of amides is 1. The van der Waals surface area contributed by atoms with Gasteiger partial charge in [0.15, 0.2) is 6.61 Å². The van der Waals surface area contributed by atoms with Crippen molar-refractivity contribution in [2.24, 2.45) is 0 Å². The van der Waals surface area contributed by atoms with E-state index in [1.54, 1.807) is 23.2 Å². The normalized spacial score (nSPS) is 13.6. The van der Waals surface area contributed by atoms with Crippen molar-refractivity contribution in [2.75, 3.05) is 13.2 Å². The fourth-order valence-corrected chi connectivity index (χ4v) is 4.48. The highest BCUT2D eigenvalue weighted by atomic mass is 32.1. The number of hydrogen-bond acceptors (Lipinski definition) is 6. The van der Waals surface area contributed by atoms with E-state index in [1.165, 1.54) is 11.3 Å². The summed E-state index contributed by atoms with van der Waals surface area (Å²) in [5.41, 5.74) is 2.67. The van der Waals surface area contributed by atoms with Gasteiger partial charge in [0.05, 0.1) is 5.69 Å². The van der Waals surface area contributed by atoms with E-state index in [1.807, 2.05) is 23.8 Å². The molecule has 2 heterocycles. The number of allylic oxidation sites excluding steroid dienone is 2. The maximum absolute atomic E-state index is 12.4. The summed E-state index contributed by atoms with van der Waals surface area (Å²) in [4.78, 5) is 31.3. The molecule has 0 radical (unpaired) electrons. The molecule has 25 heavy (non-hydrogen) atoms. The Labute approximate surface area is 155 Å². The molecule has 0 fully saturated rings. The van der Waals surface area contributed by atoms with Crippen molar-refractivity contribution >= 4 is 34.6 Å². The molecule has 0 unspecified atom stereocenters. The monoisotopic (exact) mass is 376 g/mol. The van der Waals surface area contributed by atoms with Gasteiger partial charge in [0, 0.05) is 23.2 Å². The zero-order valence-corrected chi connectivity index (χ0v) is 15.9. The standard InChI is InChI=1S/C18H20N2O3S2/c1-3-20(14-6-4-5-7-14)15(21)10-23-18(22)16-12(2)19-17(25-16)13-8-9-24-11-13/h6,8-9,11H,3-5,7,10H2,1-2H3. The van der Waals surface area contributed by atoms with Gasteiger partial charge in [-0.15, -0.1) is 11.3 Å². The van der Waals surface area contributed by atoms with E-state index in [0.29, 0.717) is 17.1 Å². The molecule has 1 amide bonds. The number of thiophene rings is 1. The lowest BCUT2D eigenvalue weighted by atomic mass is 10.3. The van der Waals surface area contributed by atoms with Crippen LogP contribution in [0.25, 0.3) is 10.6 Å². The van der Waals surface area contributed by atoms with Gasteiger partial charge in [0.25, 0.3) is 5.91 Å². The van der Waals surface area contributed by atoms with E-state index in [0.717, 1.165) is 35.5 Å². The topological polar surface area (TPSA) is 59.5 Å². The van der Waals surface area contributed by atoms with Gasteiger partial charge < -0.3 is 9.64 Å². The summed E-state index contributed by atoms with van der Waals surface area (Å²) in [5, 5.41) is 4.76. The molecule has 0 bridgehead atoms. The van der Waals surface area contributed by atoms with Crippen LogP contribution in [0, 0.1) is 6.92 Å². The number of rotatable bonds is 6. The minimum absolute atomic E-state index is 0.177. The quantitative estimate of drug-likeness (QED) is 0.707. The van der Waals surface area contributed by atoms with Gasteiger partial charge in [-0.3, -0.25) is 4.79 Å². The fourth-order valence-electron chi connectivity index (χ4n) is 2.80. The van der Waals surface area contributed by atoms with Crippen LogP contribution >= 0.6 is 22.7 Å². The highest BCUT2D eigenvalue weighted by Crippen LogP contribution is 2.30. The predicted molar refractivity (Wildman–Crippen MR) is 99.8 cm³/mol. The second-order valence-electron chi connectivity index (χ2n) is 5.75. The Bertz CT molecular complexity index is 793. The molecule has 0 saturated heterocycles. The summed E-state index contributed by atoms with van der Waals surface area (Å²) in [6.07, 6.45) is 5.07. The third kappa shape index (κ3) is 3.99. The number of aromatic nitrogens is 1. The van der Waals surface area contributed by atoms with Crippen LogP contribution < -0.4 is 0 Å². The Morgan fingerprint density at radius 1 is 1.40 bits per heavy atom. The summed E-state index contributed by atoms with van der Waals surface area (Å²) in [7, 11) is 0. The number of esters is 1. The number of likely N-dealkylation sites (N-methyl/N-ethyl adjacent to an activating group) is 1. The van der Waals surface area contributed by atoms with Gasteiger partial charge >= 0.3 is 5.97 Å². The first-order valence-electron chi connectivity index (χ1n) is 8.26. The van der Waals surface area contributed by atoms with Crippen LogP contribution in [-0.4, -0.2) is 34.9 Å². The highest BCUT2D eigenvalue weighted by Gasteiger charge is 2.22. The summed E-state index contributed by atoms with van der Waals surface area (Å²) in [6, 6.07) is 1.97. The minimum atomic E-state index is -0.485. The molecule has 7 heteroatoms. The van der Waals surface area contributed by atoms with Crippen LogP contribution in [0.4, 0.5) is 0 Å². The van der Waals surface area contributed by atoms with E-state index >= 15 is 0 Å². The lowest BCUT2D eigenvalue weighted by Crippen LogP contribution is -2.33. The van der Waals surface area contributed by atoms with Crippen molar-refractivity contribution in [2.45, 2.75) is 33.1 Å². The number of aryl methyl sites for hydroxylation is 1. The Morgan fingerprint density at radius 3 is 2.88 bits per heavy atom. The van der Waals surface area contributed by atoms with Crippen LogP contribution in [0.15, 0.2) is 28.6 Å². The zero-order chi connectivity index (χ0) is 17.8. The molecule has 132 valence electrons. The van der Waals surface area contributed by atoms with Gasteiger partial charge in [0.2, 0.25) is 0 Å². The third-order valence-electron chi connectivity index (χ3n) is 4.06. The summed E-state index contributed by atoms with van der Waals surface area (Å²) in [5.74, 6) is -0.662. The van der Waals surface area contributed by atoms with Crippen molar-refractivity contribution in [1.82, 2.24) is 9.88 Å². The molecule has 0 aliphatic heterocycles. The van der Waals surface area contributed by atoms with Crippen molar-refractivity contribution in [3.8, 4) is 10.6 Å². The number of thiazole rings is 1. The number of carbonyl (C=O) groups excluding carboxylic acids is 2. The Morgan fingerprint density at radius 2 is 2.24 bits per heavy atom. The molecule has 0 spiro atoms. The van der Waals surface area contributed by atoms with E-state index in [4.69, 9.17) is 4.74 Å². The lowest BCUT2D eigenvalue weighted by molar-refractivity contribution is -0.132. The molecule has 3 rings (SSSR count). The average Bonchev–Trinajstić information content (AvgIpc) is 3.34. The molecule has 0 aromatic carbocycles. The zero-order valence-electron chi connectivity index (χ0n) is 14.3. The van der Waals surface area contributed by atoms with Gasteiger partial charge in [-0.05, 0) is 44.6 Å². The van der Waals surface area contributed by atoms with E-state index in [-0.39, 0.29) is 12.5 Å². The summed E-state index contributed by atoms with van der Waals surface area (Å²) < 4.78 is 5.26. The highest BCUT2D eigenvalue weighted by molar-refractivity contribution is 7.17. The first-order chi connectivity index (χ1) is 12.1. The van der Waals surface area contributed by atoms with Crippen LogP contribution in [0.5, 0.6) is 0 Å². The maximum Gasteiger partial charge on any atom is 0.350 e. The number of carbonyl (C=O) groups is 2. The Hall–Kier alpha value is -1.99. The molecular weight excluding hydrogens is 356 g/mol. The molecule has 0 saturated carbocycles. The summed E-state index contributed by atoms with van der Waals surface area (Å²) >= 11 is 2.89. The molecule has 0 atom stereocenters. The molecular formula is C18H20N2O3S2. The largest absolute Gasteiger partial charge is 0.451 e. The van der Waals surface area contributed by atoms with Crippen LogP contribution in [0.3, 0.4) is 0 Å². The van der Waals surface area contributed by atoms with E-state index < -0.39 is 5.97 Å². The smallest absolute Gasteiger partial charge is 0.350 e.